The smallest absolute Gasteiger partial charge is 0.320 e. The number of thioether (sulfide) groups is 1. The van der Waals surface area contributed by atoms with Crippen LogP contribution in [0.5, 0.6) is 0 Å². The first-order valence-electron chi connectivity index (χ1n) is 5.67. The van der Waals surface area contributed by atoms with Gasteiger partial charge >= 0.3 is 6.03 Å². The van der Waals surface area contributed by atoms with Crippen molar-refractivity contribution in [2.24, 2.45) is 0 Å². The Labute approximate surface area is 97.2 Å². The SMILES string of the molecule is CSCC(C)N(C)C(=O)N1CCCCC1. The van der Waals surface area contributed by atoms with Crippen molar-refractivity contribution in [3.63, 3.8) is 0 Å². The molecular formula is C11H22N2OS. The molecule has 0 aromatic rings. The van der Waals surface area contributed by atoms with Crippen LogP contribution >= 0.6 is 11.8 Å². The predicted octanol–water partition coefficient (Wildman–Crippen LogP) is 2.28. The van der Waals surface area contributed by atoms with Crippen molar-refractivity contribution in [2.45, 2.75) is 32.2 Å². The van der Waals surface area contributed by atoms with Gasteiger partial charge in [0.25, 0.3) is 0 Å². The summed E-state index contributed by atoms with van der Waals surface area (Å²) in [5.74, 6) is 1.01. The Kier molecular flexibility index (Phi) is 5.29. The van der Waals surface area contributed by atoms with Crippen LogP contribution in [0.3, 0.4) is 0 Å². The standard InChI is InChI=1S/C11H22N2OS/c1-10(9-15-3)12(2)11(14)13-7-5-4-6-8-13/h10H,4-9H2,1-3H3. The average Bonchev–Trinajstić information content (AvgIpc) is 2.28. The van der Waals surface area contributed by atoms with Gasteiger partial charge in [-0.25, -0.2) is 4.79 Å². The molecule has 15 heavy (non-hydrogen) atoms. The molecule has 0 spiro atoms. The van der Waals surface area contributed by atoms with E-state index in [1.165, 1.54) is 6.42 Å². The van der Waals surface area contributed by atoms with Crippen LogP contribution in [-0.2, 0) is 0 Å². The Morgan fingerprint density at radius 1 is 1.40 bits per heavy atom. The van der Waals surface area contributed by atoms with E-state index in [0.29, 0.717) is 6.04 Å². The molecule has 0 aliphatic carbocycles. The van der Waals surface area contributed by atoms with Crippen LogP contribution in [0, 0.1) is 0 Å². The number of hydrogen-bond acceptors (Lipinski definition) is 2. The third kappa shape index (κ3) is 3.59. The highest BCUT2D eigenvalue weighted by Gasteiger charge is 2.22. The summed E-state index contributed by atoms with van der Waals surface area (Å²) >= 11 is 1.79. The lowest BCUT2D eigenvalue weighted by Gasteiger charge is -2.33. The van der Waals surface area contributed by atoms with Crippen LogP contribution in [0.25, 0.3) is 0 Å². The number of piperidine rings is 1. The van der Waals surface area contributed by atoms with Gasteiger partial charge in [0, 0.05) is 31.9 Å². The van der Waals surface area contributed by atoms with Gasteiger partial charge in [-0.3, -0.25) is 0 Å². The highest BCUT2D eigenvalue weighted by Crippen LogP contribution is 2.13. The van der Waals surface area contributed by atoms with Crippen LogP contribution in [0.15, 0.2) is 0 Å². The number of nitrogens with zero attached hydrogens (tertiary/aromatic N) is 2. The second-order valence-corrected chi connectivity index (χ2v) is 5.16. The zero-order chi connectivity index (χ0) is 11.3. The fourth-order valence-electron chi connectivity index (χ4n) is 1.85. The zero-order valence-corrected chi connectivity index (χ0v) is 10.8. The molecule has 2 amide bonds. The molecule has 1 unspecified atom stereocenters. The van der Waals surface area contributed by atoms with Crippen LogP contribution in [-0.4, -0.2) is 54.0 Å². The monoisotopic (exact) mass is 230 g/mol. The topological polar surface area (TPSA) is 23.6 Å². The van der Waals surface area contributed by atoms with Crippen LogP contribution < -0.4 is 0 Å². The molecule has 4 heteroatoms. The van der Waals surface area contributed by atoms with Crippen molar-refractivity contribution in [3.8, 4) is 0 Å². The molecule has 0 radical (unpaired) electrons. The van der Waals surface area contributed by atoms with Gasteiger partial charge in [-0.05, 0) is 32.4 Å². The van der Waals surface area contributed by atoms with Crippen molar-refractivity contribution in [2.75, 3.05) is 32.1 Å². The minimum atomic E-state index is 0.205. The average molecular weight is 230 g/mol. The van der Waals surface area contributed by atoms with E-state index in [0.717, 1.165) is 31.7 Å². The minimum absolute atomic E-state index is 0.205. The van der Waals surface area contributed by atoms with Crippen LogP contribution in [0.1, 0.15) is 26.2 Å². The molecule has 0 N–H and O–H groups in total. The number of hydrogen-bond donors (Lipinski definition) is 0. The molecule has 0 saturated carbocycles. The van der Waals surface area contributed by atoms with Crippen LogP contribution in [0.2, 0.25) is 0 Å². The van der Waals surface area contributed by atoms with Gasteiger partial charge in [0.05, 0.1) is 0 Å². The van der Waals surface area contributed by atoms with E-state index in [4.69, 9.17) is 0 Å². The Morgan fingerprint density at radius 3 is 2.53 bits per heavy atom. The molecule has 1 atom stereocenters. The summed E-state index contributed by atoms with van der Waals surface area (Å²) in [5, 5.41) is 0. The van der Waals surface area contributed by atoms with Gasteiger partial charge in [0.15, 0.2) is 0 Å². The van der Waals surface area contributed by atoms with Gasteiger partial charge in [-0.1, -0.05) is 0 Å². The second-order valence-electron chi connectivity index (χ2n) is 4.25. The summed E-state index contributed by atoms with van der Waals surface area (Å²) in [6, 6.07) is 0.533. The molecule has 0 bridgehead atoms. The minimum Gasteiger partial charge on any atom is -0.325 e. The van der Waals surface area contributed by atoms with Gasteiger partial charge in [0.2, 0.25) is 0 Å². The molecular weight excluding hydrogens is 208 g/mol. The highest BCUT2D eigenvalue weighted by atomic mass is 32.2. The fourth-order valence-corrected chi connectivity index (χ4v) is 2.56. The first-order valence-corrected chi connectivity index (χ1v) is 7.07. The molecule has 0 aromatic carbocycles. The molecule has 1 rings (SSSR count). The van der Waals surface area contributed by atoms with Crippen molar-refractivity contribution in [3.05, 3.63) is 0 Å². The predicted molar refractivity (Wildman–Crippen MR) is 66.4 cm³/mol. The van der Waals surface area contributed by atoms with Gasteiger partial charge in [-0.2, -0.15) is 11.8 Å². The Bertz CT molecular complexity index is 205. The van der Waals surface area contributed by atoms with Gasteiger partial charge < -0.3 is 9.80 Å². The lowest BCUT2D eigenvalue weighted by atomic mass is 10.1. The number of amides is 2. The highest BCUT2D eigenvalue weighted by molar-refractivity contribution is 7.98. The van der Waals surface area contributed by atoms with E-state index in [2.05, 4.69) is 13.2 Å². The number of urea groups is 1. The van der Waals surface area contributed by atoms with Crippen molar-refractivity contribution in [1.29, 1.82) is 0 Å². The van der Waals surface area contributed by atoms with Gasteiger partial charge in [0.1, 0.15) is 0 Å². The normalized spacial score (nSPS) is 18.7. The number of carbonyl (C=O) groups excluding carboxylic acids is 1. The molecule has 1 aliphatic rings. The quantitative estimate of drug-likeness (QED) is 0.742. The second kappa shape index (κ2) is 6.26. The molecule has 1 fully saturated rings. The first-order chi connectivity index (χ1) is 7.16. The van der Waals surface area contributed by atoms with Crippen molar-refractivity contribution < 1.29 is 4.79 Å². The van der Waals surface area contributed by atoms with Crippen molar-refractivity contribution >= 4 is 17.8 Å². The number of rotatable bonds is 3. The molecule has 1 heterocycles. The lowest BCUT2D eigenvalue weighted by Crippen LogP contribution is -2.47. The summed E-state index contributed by atoms with van der Waals surface area (Å²) in [4.78, 5) is 15.9. The summed E-state index contributed by atoms with van der Waals surface area (Å²) < 4.78 is 0. The summed E-state index contributed by atoms with van der Waals surface area (Å²) in [5.41, 5.74) is 0. The van der Waals surface area contributed by atoms with E-state index in [1.807, 2.05) is 16.8 Å². The van der Waals surface area contributed by atoms with Crippen molar-refractivity contribution in [1.82, 2.24) is 9.80 Å². The lowest BCUT2D eigenvalue weighted by molar-refractivity contribution is 0.144. The van der Waals surface area contributed by atoms with Crippen LogP contribution in [0.4, 0.5) is 4.79 Å². The third-order valence-corrected chi connectivity index (χ3v) is 3.81. The Morgan fingerprint density at radius 2 is 2.00 bits per heavy atom. The Balaban J connectivity index is 2.43. The largest absolute Gasteiger partial charge is 0.325 e. The van der Waals surface area contributed by atoms with E-state index in [9.17, 15) is 4.79 Å². The maximum Gasteiger partial charge on any atom is 0.320 e. The van der Waals surface area contributed by atoms with E-state index >= 15 is 0 Å². The zero-order valence-electron chi connectivity index (χ0n) is 10.0. The van der Waals surface area contributed by atoms with Gasteiger partial charge in [-0.15, -0.1) is 0 Å². The summed E-state index contributed by atoms with van der Waals surface area (Å²) in [7, 11) is 1.91. The number of carbonyl (C=O) groups is 1. The summed E-state index contributed by atoms with van der Waals surface area (Å²) in [6.45, 7) is 3.99. The fraction of sp³-hybridized carbons (Fsp3) is 0.909. The van der Waals surface area contributed by atoms with E-state index in [1.54, 1.807) is 11.8 Å². The molecule has 88 valence electrons. The Hall–Kier alpha value is -0.380. The van der Waals surface area contributed by atoms with E-state index in [-0.39, 0.29) is 6.03 Å². The van der Waals surface area contributed by atoms with E-state index < -0.39 is 0 Å². The summed E-state index contributed by atoms with van der Waals surface area (Å²) in [6.07, 6.45) is 5.68. The molecule has 3 nitrogen and oxygen atoms in total. The first kappa shape index (κ1) is 12.7. The molecule has 0 aromatic heterocycles. The maximum absolute atomic E-state index is 12.1. The molecule has 1 aliphatic heterocycles. The third-order valence-electron chi connectivity index (χ3n) is 3.00. The molecule has 1 saturated heterocycles. The maximum atomic E-state index is 12.1. The number of likely N-dealkylation sites (tertiary alicyclic amines) is 1.